The summed E-state index contributed by atoms with van der Waals surface area (Å²) in [4.78, 5) is 27.5. The zero-order valence-corrected chi connectivity index (χ0v) is 19.4. The first-order valence-corrected chi connectivity index (χ1v) is 11.0. The Labute approximate surface area is 199 Å². The number of hydrogen-bond acceptors (Lipinski definition) is 4. The number of nitrogens with zero attached hydrogens (tertiary/aromatic N) is 1. The minimum atomic E-state index is -0.703. The molecule has 0 aromatic heterocycles. The van der Waals surface area contributed by atoms with Crippen LogP contribution < -0.4 is 14.8 Å². The van der Waals surface area contributed by atoms with Crippen LogP contribution in [0.25, 0.3) is 0 Å². The van der Waals surface area contributed by atoms with Gasteiger partial charge in [0.05, 0.1) is 7.11 Å². The van der Waals surface area contributed by atoms with Crippen LogP contribution in [0.4, 0.5) is 0 Å². The van der Waals surface area contributed by atoms with E-state index in [2.05, 4.69) is 5.32 Å². The molecular weight excluding hydrogens is 440 g/mol. The molecule has 0 saturated heterocycles. The van der Waals surface area contributed by atoms with Gasteiger partial charge >= 0.3 is 0 Å². The number of ether oxygens (including phenoxy) is 2. The van der Waals surface area contributed by atoms with Crippen molar-refractivity contribution in [2.75, 3.05) is 13.7 Å². The lowest BCUT2D eigenvalue weighted by Crippen LogP contribution is -2.48. The zero-order chi connectivity index (χ0) is 23.6. The van der Waals surface area contributed by atoms with Crippen molar-refractivity contribution in [1.82, 2.24) is 10.2 Å². The average Bonchev–Trinajstić information content (AvgIpc) is 2.86. The Morgan fingerprint density at radius 2 is 1.55 bits per heavy atom. The van der Waals surface area contributed by atoms with E-state index >= 15 is 0 Å². The molecule has 0 aliphatic rings. The van der Waals surface area contributed by atoms with E-state index in [0.717, 1.165) is 16.9 Å². The van der Waals surface area contributed by atoms with Crippen LogP contribution in [-0.4, -0.2) is 36.5 Å². The van der Waals surface area contributed by atoms with E-state index in [0.29, 0.717) is 17.3 Å². The van der Waals surface area contributed by atoms with E-state index in [1.807, 2.05) is 54.6 Å². The summed E-state index contributed by atoms with van der Waals surface area (Å²) < 4.78 is 10.8. The highest BCUT2D eigenvalue weighted by Crippen LogP contribution is 2.16. The maximum Gasteiger partial charge on any atom is 0.261 e. The number of nitrogens with one attached hydrogen (secondary N) is 1. The van der Waals surface area contributed by atoms with Crippen molar-refractivity contribution < 1.29 is 19.1 Å². The minimum Gasteiger partial charge on any atom is -0.497 e. The molecule has 3 aromatic rings. The molecule has 0 fully saturated rings. The molecule has 0 spiro atoms. The quantitative estimate of drug-likeness (QED) is 0.479. The van der Waals surface area contributed by atoms with Crippen LogP contribution in [-0.2, 0) is 22.7 Å². The second kappa shape index (κ2) is 11.9. The number of para-hydroxylation sites is 1. The van der Waals surface area contributed by atoms with Gasteiger partial charge in [-0.1, -0.05) is 54.1 Å². The number of amides is 2. The van der Waals surface area contributed by atoms with Gasteiger partial charge in [-0.3, -0.25) is 9.59 Å². The molecule has 6 nitrogen and oxygen atoms in total. The average molecular weight is 467 g/mol. The van der Waals surface area contributed by atoms with Crippen LogP contribution in [0.2, 0.25) is 5.02 Å². The predicted molar refractivity (Wildman–Crippen MR) is 128 cm³/mol. The van der Waals surface area contributed by atoms with E-state index in [9.17, 15) is 9.59 Å². The lowest BCUT2D eigenvalue weighted by Gasteiger charge is -2.28. The van der Waals surface area contributed by atoms with Gasteiger partial charge in [0.25, 0.3) is 5.91 Å². The van der Waals surface area contributed by atoms with Crippen LogP contribution in [0.5, 0.6) is 11.5 Å². The summed E-state index contributed by atoms with van der Waals surface area (Å²) in [5, 5.41) is 3.51. The minimum absolute atomic E-state index is 0.173. The predicted octanol–water partition coefficient (Wildman–Crippen LogP) is 4.46. The fraction of sp³-hybridized carbons (Fsp3) is 0.231. The van der Waals surface area contributed by atoms with Crippen LogP contribution in [0.15, 0.2) is 78.9 Å². The Morgan fingerprint density at radius 1 is 0.909 bits per heavy atom. The van der Waals surface area contributed by atoms with Gasteiger partial charge in [-0.15, -0.1) is 0 Å². The van der Waals surface area contributed by atoms with E-state index in [1.54, 1.807) is 38.3 Å². The molecule has 3 aromatic carbocycles. The lowest BCUT2D eigenvalue weighted by atomic mass is 10.1. The highest BCUT2D eigenvalue weighted by molar-refractivity contribution is 6.30. The summed E-state index contributed by atoms with van der Waals surface area (Å²) in [6.07, 6.45) is 0. The van der Waals surface area contributed by atoms with Crippen molar-refractivity contribution >= 4 is 23.4 Å². The number of carbonyl (C=O) groups is 2. The van der Waals surface area contributed by atoms with Crippen molar-refractivity contribution in [3.63, 3.8) is 0 Å². The van der Waals surface area contributed by atoms with E-state index in [4.69, 9.17) is 21.1 Å². The van der Waals surface area contributed by atoms with Crippen LogP contribution in [0, 0.1) is 0 Å². The summed E-state index contributed by atoms with van der Waals surface area (Å²) in [5.41, 5.74) is 1.79. The summed E-state index contributed by atoms with van der Waals surface area (Å²) in [6, 6.07) is 23.0. The number of rotatable bonds is 10. The number of benzene rings is 3. The second-order valence-electron chi connectivity index (χ2n) is 7.49. The Hall–Kier alpha value is -3.51. The topological polar surface area (TPSA) is 67.9 Å². The maximum atomic E-state index is 13.1. The zero-order valence-electron chi connectivity index (χ0n) is 18.7. The Bertz CT molecular complexity index is 1040. The summed E-state index contributed by atoms with van der Waals surface area (Å²) in [5.74, 6) is 0.791. The third-order valence-electron chi connectivity index (χ3n) is 5.16. The normalized spacial score (nSPS) is 11.4. The molecule has 0 aliphatic heterocycles. The molecule has 0 heterocycles. The molecule has 7 heteroatoms. The number of halogens is 1. The van der Waals surface area contributed by atoms with Crippen molar-refractivity contribution in [3.05, 3.63) is 95.0 Å². The van der Waals surface area contributed by atoms with Crippen LogP contribution in [0.3, 0.4) is 0 Å². The van der Waals surface area contributed by atoms with Gasteiger partial charge in [-0.25, -0.2) is 0 Å². The standard InChI is InChI=1S/C26H27ClN2O4/c1-19(26(31)28-16-20-10-14-23(32-2)15-11-20)29(17-21-8-12-22(27)13-9-21)25(30)18-33-24-6-4-3-5-7-24/h3-15,19H,16-18H2,1-2H3,(H,28,31)/t19-/m1/s1. The fourth-order valence-corrected chi connectivity index (χ4v) is 3.32. The fourth-order valence-electron chi connectivity index (χ4n) is 3.19. The molecule has 172 valence electrons. The van der Waals surface area contributed by atoms with E-state index in [1.165, 1.54) is 4.90 Å². The van der Waals surface area contributed by atoms with Crippen molar-refractivity contribution in [2.24, 2.45) is 0 Å². The van der Waals surface area contributed by atoms with Gasteiger partial charge in [0.1, 0.15) is 17.5 Å². The molecule has 1 atom stereocenters. The third-order valence-corrected chi connectivity index (χ3v) is 5.42. The van der Waals surface area contributed by atoms with Gasteiger partial charge in [0.15, 0.2) is 6.61 Å². The Balaban J connectivity index is 1.67. The number of hydrogen-bond donors (Lipinski definition) is 1. The van der Waals surface area contributed by atoms with E-state index < -0.39 is 6.04 Å². The van der Waals surface area contributed by atoms with Gasteiger partial charge < -0.3 is 19.7 Å². The smallest absolute Gasteiger partial charge is 0.261 e. The molecule has 33 heavy (non-hydrogen) atoms. The van der Waals surface area contributed by atoms with Gasteiger partial charge in [0.2, 0.25) is 5.91 Å². The molecular formula is C26H27ClN2O4. The molecule has 0 unspecified atom stereocenters. The summed E-state index contributed by atoms with van der Waals surface area (Å²) in [7, 11) is 1.60. The molecule has 1 N–H and O–H groups in total. The summed E-state index contributed by atoms with van der Waals surface area (Å²) >= 11 is 5.99. The van der Waals surface area contributed by atoms with Crippen molar-refractivity contribution in [3.8, 4) is 11.5 Å². The van der Waals surface area contributed by atoms with Gasteiger partial charge in [-0.2, -0.15) is 0 Å². The van der Waals surface area contributed by atoms with Gasteiger partial charge in [-0.05, 0) is 54.4 Å². The first-order chi connectivity index (χ1) is 16.0. The summed E-state index contributed by atoms with van der Waals surface area (Å²) in [6.45, 7) is 2.13. The molecule has 2 amide bonds. The highest BCUT2D eigenvalue weighted by atomic mass is 35.5. The number of methoxy groups -OCH3 is 1. The van der Waals surface area contributed by atoms with Crippen molar-refractivity contribution in [2.45, 2.75) is 26.1 Å². The van der Waals surface area contributed by atoms with Crippen molar-refractivity contribution in [1.29, 1.82) is 0 Å². The lowest BCUT2D eigenvalue weighted by molar-refractivity contribution is -0.142. The first kappa shape index (κ1) is 24.1. The molecule has 0 aliphatic carbocycles. The monoisotopic (exact) mass is 466 g/mol. The van der Waals surface area contributed by atoms with E-state index in [-0.39, 0.29) is 25.0 Å². The van der Waals surface area contributed by atoms with Crippen LogP contribution >= 0.6 is 11.6 Å². The molecule has 3 rings (SSSR count). The molecule has 0 saturated carbocycles. The maximum absolute atomic E-state index is 13.1. The number of carbonyl (C=O) groups excluding carboxylic acids is 2. The molecule has 0 bridgehead atoms. The van der Waals surface area contributed by atoms with Gasteiger partial charge in [0, 0.05) is 18.1 Å². The Morgan fingerprint density at radius 3 is 2.18 bits per heavy atom. The second-order valence-corrected chi connectivity index (χ2v) is 7.93. The largest absolute Gasteiger partial charge is 0.497 e. The third kappa shape index (κ3) is 7.26. The van der Waals surface area contributed by atoms with Crippen LogP contribution in [0.1, 0.15) is 18.1 Å². The Kier molecular flexibility index (Phi) is 8.72. The SMILES string of the molecule is COc1ccc(CNC(=O)[C@@H](C)N(Cc2ccc(Cl)cc2)C(=O)COc2ccccc2)cc1. The molecule has 0 radical (unpaired) electrons. The highest BCUT2D eigenvalue weighted by Gasteiger charge is 2.26. The first-order valence-electron chi connectivity index (χ1n) is 10.6.